The van der Waals surface area contributed by atoms with Crippen LogP contribution in [0, 0.1) is 34.5 Å². The molecule has 0 spiro atoms. The quantitative estimate of drug-likeness (QED) is 0.485. The molecule has 4 aliphatic rings. The number of rotatable bonds is 1. The third-order valence-corrected chi connectivity index (χ3v) is 9.61. The van der Waals surface area contributed by atoms with Gasteiger partial charge in [0.25, 0.3) is 0 Å². The van der Waals surface area contributed by atoms with Gasteiger partial charge in [-0.1, -0.05) is 49.2 Å². The van der Waals surface area contributed by atoms with Crippen LogP contribution in [0.3, 0.4) is 0 Å². The first-order valence-corrected chi connectivity index (χ1v) is 11.7. The molecule has 6 atom stereocenters. The van der Waals surface area contributed by atoms with Gasteiger partial charge in [-0.3, -0.25) is 4.79 Å². The summed E-state index contributed by atoms with van der Waals surface area (Å²) >= 11 is 6.06. The molecule has 5 rings (SSSR count). The molecule has 4 saturated carbocycles. The van der Waals surface area contributed by atoms with Gasteiger partial charge in [-0.05, 0) is 97.1 Å². The lowest BCUT2D eigenvalue weighted by Crippen LogP contribution is -2.52. The van der Waals surface area contributed by atoms with Crippen molar-refractivity contribution in [2.75, 3.05) is 0 Å². The Kier molecular flexibility index (Phi) is 4.54. The first kappa shape index (κ1) is 18.9. The summed E-state index contributed by atoms with van der Waals surface area (Å²) in [6.07, 6.45) is 13.2. The third kappa shape index (κ3) is 3.00. The molecule has 0 bridgehead atoms. The third-order valence-electron chi connectivity index (χ3n) is 9.35. The average molecular weight is 397 g/mol. The Balaban J connectivity index is 1.40. The lowest BCUT2D eigenvalue weighted by molar-refractivity contribution is -0.137. The minimum absolute atomic E-state index is 0.417. The van der Waals surface area contributed by atoms with Gasteiger partial charge < -0.3 is 0 Å². The summed E-state index contributed by atoms with van der Waals surface area (Å²) in [6.45, 7) is 5.11. The van der Waals surface area contributed by atoms with E-state index in [4.69, 9.17) is 11.6 Å². The summed E-state index contributed by atoms with van der Waals surface area (Å²) in [6, 6.07) is 8.29. The summed E-state index contributed by atoms with van der Waals surface area (Å²) in [5, 5.41) is 0.813. The number of fused-ring (bicyclic) bond motifs is 5. The largest absolute Gasteiger partial charge is 0.300 e. The van der Waals surface area contributed by atoms with E-state index in [0.717, 1.165) is 42.0 Å². The van der Waals surface area contributed by atoms with Gasteiger partial charge in [-0.15, -0.1) is 0 Å². The summed E-state index contributed by atoms with van der Waals surface area (Å²) in [4.78, 5) is 12.1. The summed E-state index contributed by atoms with van der Waals surface area (Å²) < 4.78 is 0. The maximum Gasteiger partial charge on any atom is 0.133 e. The van der Waals surface area contributed by atoms with Crippen LogP contribution in [0.15, 0.2) is 29.8 Å². The van der Waals surface area contributed by atoms with Crippen molar-refractivity contribution in [3.63, 3.8) is 0 Å². The fourth-order valence-corrected chi connectivity index (χ4v) is 7.96. The second kappa shape index (κ2) is 6.73. The molecule has 2 heteroatoms. The highest BCUT2D eigenvalue weighted by molar-refractivity contribution is 6.30. The van der Waals surface area contributed by atoms with Gasteiger partial charge in [-0.25, -0.2) is 0 Å². The zero-order valence-electron chi connectivity index (χ0n) is 17.3. The van der Waals surface area contributed by atoms with Crippen LogP contribution in [0.1, 0.15) is 77.2 Å². The molecule has 0 aromatic heterocycles. The number of halogens is 1. The molecule has 4 aliphatic carbocycles. The molecule has 0 amide bonds. The topological polar surface area (TPSA) is 17.1 Å². The molecule has 0 saturated heterocycles. The molecule has 0 heterocycles. The lowest BCUT2D eigenvalue weighted by Gasteiger charge is -2.59. The van der Waals surface area contributed by atoms with Crippen molar-refractivity contribution in [3.05, 3.63) is 40.4 Å². The highest BCUT2D eigenvalue weighted by atomic mass is 35.5. The van der Waals surface area contributed by atoms with Gasteiger partial charge in [-0.2, -0.15) is 0 Å². The molecular weight excluding hydrogens is 364 g/mol. The van der Waals surface area contributed by atoms with E-state index in [9.17, 15) is 4.79 Å². The molecule has 28 heavy (non-hydrogen) atoms. The van der Waals surface area contributed by atoms with Crippen molar-refractivity contribution in [1.82, 2.24) is 0 Å². The van der Waals surface area contributed by atoms with Crippen LogP contribution in [-0.4, -0.2) is 5.78 Å². The number of ketones is 1. The van der Waals surface area contributed by atoms with Crippen LogP contribution in [0.2, 0.25) is 5.02 Å². The van der Waals surface area contributed by atoms with Crippen molar-refractivity contribution < 1.29 is 4.79 Å². The highest BCUT2D eigenvalue weighted by Crippen LogP contribution is 2.66. The van der Waals surface area contributed by atoms with E-state index in [1.165, 1.54) is 44.1 Å². The maximum absolute atomic E-state index is 12.1. The lowest BCUT2D eigenvalue weighted by atomic mass is 9.45. The van der Waals surface area contributed by atoms with Crippen molar-refractivity contribution in [1.29, 1.82) is 0 Å². The van der Waals surface area contributed by atoms with Crippen LogP contribution in [0.5, 0.6) is 0 Å². The monoisotopic (exact) mass is 396 g/mol. The minimum Gasteiger partial charge on any atom is -0.300 e. The smallest absolute Gasteiger partial charge is 0.133 e. The predicted molar refractivity (Wildman–Crippen MR) is 116 cm³/mol. The summed E-state index contributed by atoms with van der Waals surface area (Å²) in [5.74, 6) is 3.72. The van der Waals surface area contributed by atoms with Gasteiger partial charge in [0.05, 0.1) is 0 Å². The Morgan fingerprint density at radius 1 is 1.00 bits per heavy atom. The Morgan fingerprint density at radius 2 is 1.79 bits per heavy atom. The molecular formula is C26H33ClO. The number of benzene rings is 1. The van der Waals surface area contributed by atoms with Crippen molar-refractivity contribution >= 4 is 23.5 Å². The number of hydrogen-bond donors (Lipinski definition) is 0. The summed E-state index contributed by atoms with van der Waals surface area (Å²) in [5.41, 5.74) is 3.83. The molecule has 1 aromatic rings. The van der Waals surface area contributed by atoms with Crippen LogP contribution >= 0.6 is 11.6 Å². The molecule has 0 N–H and O–H groups in total. The van der Waals surface area contributed by atoms with Gasteiger partial charge in [0.2, 0.25) is 0 Å². The first-order valence-electron chi connectivity index (χ1n) is 11.3. The van der Waals surface area contributed by atoms with Crippen LogP contribution in [0.25, 0.3) is 6.08 Å². The van der Waals surface area contributed by atoms with Crippen LogP contribution < -0.4 is 0 Å². The van der Waals surface area contributed by atoms with Crippen LogP contribution in [-0.2, 0) is 4.79 Å². The van der Waals surface area contributed by atoms with E-state index in [-0.39, 0.29) is 0 Å². The fourth-order valence-electron chi connectivity index (χ4n) is 7.83. The Morgan fingerprint density at radius 3 is 2.57 bits per heavy atom. The van der Waals surface area contributed by atoms with E-state index in [2.05, 4.69) is 32.1 Å². The molecule has 1 aromatic carbocycles. The molecule has 0 radical (unpaired) electrons. The van der Waals surface area contributed by atoms with E-state index in [0.29, 0.717) is 22.5 Å². The molecule has 0 unspecified atom stereocenters. The number of carbonyl (C=O) groups is 1. The molecule has 150 valence electrons. The van der Waals surface area contributed by atoms with Gasteiger partial charge in [0.1, 0.15) is 5.78 Å². The SMILES string of the molecule is C[C@]12CC[C@H]3[C@@H](CC[C@H]4CC(=O)CC[C@@]43C)[C@@H]1CC(=Cc1ccc(Cl)cc1)C2. The van der Waals surface area contributed by atoms with Crippen molar-refractivity contribution in [2.45, 2.75) is 71.6 Å². The molecule has 4 fully saturated rings. The zero-order chi connectivity index (χ0) is 19.5. The average Bonchev–Trinajstić information content (AvgIpc) is 3.00. The van der Waals surface area contributed by atoms with E-state index in [1.807, 2.05) is 12.1 Å². The Hall–Kier alpha value is -1.08. The normalized spacial score (nSPS) is 44.1. The van der Waals surface area contributed by atoms with Gasteiger partial charge in [0.15, 0.2) is 0 Å². The molecule has 1 nitrogen and oxygen atoms in total. The number of allylic oxidation sites excluding steroid dienone is 1. The number of hydrogen-bond acceptors (Lipinski definition) is 1. The van der Waals surface area contributed by atoms with Crippen molar-refractivity contribution in [3.8, 4) is 0 Å². The molecule has 0 aliphatic heterocycles. The second-order valence-electron chi connectivity index (χ2n) is 10.8. The van der Waals surface area contributed by atoms with E-state index >= 15 is 0 Å². The zero-order valence-corrected chi connectivity index (χ0v) is 18.1. The minimum atomic E-state index is 0.417. The van der Waals surface area contributed by atoms with Gasteiger partial charge >= 0.3 is 0 Å². The summed E-state index contributed by atoms with van der Waals surface area (Å²) in [7, 11) is 0. The second-order valence-corrected chi connectivity index (χ2v) is 11.3. The maximum atomic E-state index is 12.1. The Labute approximate surface area is 174 Å². The number of carbonyl (C=O) groups excluding carboxylic acids is 1. The van der Waals surface area contributed by atoms with Crippen molar-refractivity contribution in [2.24, 2.45) is 34.5 Å². The van der Waals surface area contributed by atoms with Gasteiger partial charge in [0, 0.05) is 17.9 Å². The first-order chi connectivity index (χ1) is 13.4. The van der Waals surface area contributed by atoms with E-state index in [1.54, 1.807) is 5.57 Å². The predicted octanol–water partition coefficient (Wildman–Crippen LogP) is 7.34. The highest BCUT2D eigenvalue weighted by Gasteiger charge is 2.58. The fraction of sp³-hybridized carbons (Fsp3) is 0.654. The Bertz CT molecular complexity index is 808. The standard InChI is InChI=1S/C26H33ClO/c1-25-11-10-23-22(8-5-19-15-21(28)9-12-26(19,23)2)24(25)14-18(16-25)13-17-3-6-20(27)7-4-17/h3-4,6-7,13,19,22-24H,5,8-12,14-16H2,1-2H3/t19-,22+,23-,24-,25+,26-/m0/s1. The van der Waals surface area contributed by atoms with Crippen LogP contribution in [0.4, 0.5) is 0 Å². The van der Waals surface area contributed by atoms with E-state index < -0.39 is 0 Å². The number of Topliss-reactive ketones (excluding diaryl/α,β-unsaturated/α-hetero) is 1.